The van der Waals surface area contributed by atoms with E-state index in [4.69, 9.17) is 10.8 Å². The summed E-state index contributed by atoms with van der Waals surface area (Å²) >= 11 is 0.854. The van der Waals surface area contributed by atoms with Gasteiger partial charge in [-0.25, -0.2) is 8.42 Å². The smallest absolute Gasteiger partial charge is 0.272 e. The van der Waals surface area contributed by atoms with Crippen molar-refractivity contribution < 1.29 is 13.5 Å². The monoisotopic (exact) mass is 264 g/mol. The second-order valence-electron chi connectivity index (χ2n) is 3.61. The van der Waals surface area contributed by atoms with Gasteiger partial charge in [0.1, 0.15) is 0 Å². The van der Waals surface area contributed by atoms with Gasteiger partial charge in [-0.15, -0.1) is 10.2 Å². The molecule has 0 spiro atoms. The molecular weight excluding hydrogens is 252 g/mol. The maximum Gasteiger partial charge on any atom is 0.272 e. The zero-order chi connectivity index (χ0) is 11.8. The molecule has 0 radical (unpaired) electrons. The molecule has 7 nitrogen and oxygen atoms in total. The molecule has 0 amide bonds. The summed E-state index contributed by atoms with van der Waals surface area (Å²) < 4.78 is 25.2. The molecule has 1 aliphatic heterocycles. The van der Waals surface area contributed by atoms with Gasteiger partial charge >= 0.3 is 0 Å². The number of anilines is 1. The van der Waals surface area contributed by atoms with E-state index in [1.807, 2.05) is 0 Å². The average molecular weight is 264 g/mol. The minimum absolute atomic E-state index is 0.00424. The lowest BCUT2D eigenvalue weighted by molar-refractivity contribution is 0.233. The van der Waals surface area contributed by atoms with Crippen molar-refractivity contribution >= 4 is 26.5 Å². The molecule has 2 heterocycles. The Morgan fingerprint density at radius 1 is 1.56 bits per heavy atom. The Bertz CT molecular complexity index is 472. The first kappa shape index (κ1) is 11.7. The second kappa shape index (κ2) is 4.24. The molecule has 3 N–H and O–H groups in total. The van der Waals surface area contributed by atoms with Gasteiger partial charge < -0.3 is 10.8 Å². The summed E-state index contributed by atoms with van der Waals surface area (Å²) in [7, 11) is -3.57. The van der Waals surface area contributed by atoms with Crippen molar-refractivity contribution in [2.24, 2.45) is 5.92 Å². The quantitative estimate of drug-likeness (QED) is 0.734. The van der Waals surface area contributed by atoms with Gasteiger partial charge in [0.2, 0.25) is 9.47 Å². The van der Waals surface area contributed by atoms with Crippen LogP contribution in [-0.4, -0.2) is 47.7 Å². The number of hydrogen-bond donors (Lipinski definition) is 2. The largest absolute Gasteiger partial charge is 0.396 e. The molecule has 1 atom stereocenters. The molecule has 90 valence electrons. The number of hydrogen-bond acceptors (Lipinski definition) is 7. The third-order valence-corrected chi connectivity index (χ3v) is 5.45. The number of aromatic nitrogens is 2. The summed E-state index contributed by atoms with van der Waals surface area (Å²) in [6, 6.07) is 0. The van der Waals surface area contributed by atoms with Crippen molar-refractivity contribution in [3.8, 4) is 0 Å². The molecule has 1 aromatic rings. The molecule has 0 aliphatic carbocycles. The van der Waals surface area contributed by atoms with E-state index in [-0.39, 0.29) is 22.0 Å². The van der Waals surface area contributed by atoms with Gasteiger partial charge in [0.25, 0.3) is 10.0 Å². The lowest BCUT2D eigenvalue weighted by Crippen LogP contribution is -2.29. The maximum atomic E-state index is 12.0. The Labute approximate surface area is 97.0 Å². The number of rotatable bonds is 3. The number of sulfonamides is 1. The Balaban J connectivity index is 2.21. The second-order valence-corrected chi connectivity index (χ2v) is 6.73. The molecule has 0 aromatic carbocycles. The highest BCUT2D eigenvalue weighted by Crippen LogP contribution is 2.26. The van der Waals surface area contributed by atoms with Crippen molar-refractivity contribution in [1.29, 1.82) is 0 Å². The predicted molar refractivity (Wildman–Crippen MR) is 58.3 cm³/mol. The van der Waals surface area contributed by atoms with Crippen LogP contribution in [0.2, 0.25) is 0 Å². The van der Waals surface area contributed by atoms with E-state index >= 15 is 0 Å². The molecule has 1 aliphatic rings. The van der Waals surface area contributed by atoms with Crippen LogP contribution in [0.1, 0.15) is 6.42 Å². The van der Waals surface area contributed by atoms with Crippen molar-refractivity contribution in [3.05, 3.63) is 0 Å². The van der Waals surface area contributed by atoms with Crippen LogP contribution in [-0.2, 0) is 10.0 Å². The molecule has 16 heavy (non-hydrogen) atoms. The molecule has 0 bridgehead atoms. The van der Waals surface area contributed by atoms with E-state index in [1.54, 1.807) is 0 Å². The lowest BCUT2D eigenvalue weighted by Gasteiger charge is -2.13. The summed E-state index contributed by atoms with van der Waals surface area (Å²) in [5, 5.41) is 16.1. The molecule has 1 fully saturated rings. The van der Waals surface area contributed by atoms with Gasteiger partial charge in [0.15, 0.2) is 0 Å². The fourth-order valence-electron chi connectivity index (χ4n) is 1.60. The SMILES string of the molecule is Nc1nnc(S(=O)(=O)N2CCC(CO)C2)s1. The lowest BCUT2D eigenvalue weighted by atomic mass is 10.1. The highest BCUT2D eigenvalue weighted by atomic mass is 32.2. The number of nitrogens with two attached hydrogens (primary N) is 1. The van der Waals surface area contributed by atoms with Crippen molar-refractivity contribution in [3.63, 3.8) is 0 Å². The minimum Gasteiger partial charge on any atom is -0.396 e. The summed E-state index contributed by atoms with van der Waals surface area (Å²) in [4.78, 5) is 0. The third-order valence-electron chi connectivity index (χ3n) is 2.49. The van der Waals surface area contributed by atoms with Crippen LogP contribution in [0.25, 0.3) is 0 Å². The van der Waals surface area contributed by atoms with Crippen LogP contribution in [0.3, 0.4) is 0 Å². The first-order valence-electron chi connectivity index (χ1n) is 4.74. The predicted octanol–water partition coefficient (Wildman–Crippen LogP) is -0.877. The first-order chi connectivity index (χ1) is 7.54. The van der Waals surface area contributed by atoms with Gasteiger partial charge in [0, 0.05) is 19.7 Å². The standard InChI is InChI=1S/C7H12N4O3S2/c8-6-9-10-7(15-6)16(13,14)11-2-1-5(3-11)4-12/h5,12H,1-4H2,(H2,8,9). The fraction of sp³-hybridized carbons (Fsp3) is 0.714. The van der Waals surface area contributed by atoms with E-state index in [1.165, 1.54) is 4.31 Å². The molecule has 1 aromatic heterocycles. The first-order valence-corrected chi connectivity index (χ1v) is 6.99. The Morgan fingerprint density at radius 3 is 2.81 bits per heavy atom. The van der Waals surface area contributed by atoms with Crippen LogP contribution in [0.15, 0.2) is 4.34 Å². The van der Waals surface area contributed by atoms with Crippen LogP contribution in [0, 0.1) is 5.92 Å². The zero-order valence-corrected chi connectivity index (χ0v) is 10.0. The molecule has 9 heteroatoms. The Morgan fingerprint density at radius 2 is 2.31 bits per heavy atom. The molecule has 1 saturated heterocycles. The Hall–Kier alpha value is -0.770. The summed E-state index contributed by atoms with van der Waals surface area (Å²) in [6.07, 6.45) is 0.671. The van der Waals surface area contributed by atoms with E-state index in [0.717, 1.165) is 11.3 Å². The van der Waals surface area contributed by atoms with Crippen molar-refractivity contribution in [2.45, 2.75) is 10.8 Å². The van der Waals surface area contributed by atoms with Crippen molar-refractivity contribution in [2.75, 3.05) is 25.4 Å². The van der Waals surface area contributed by atoms with Crippen LogP contribution in [0.4, 0.5) is 5.13 Å². The molecule has 0 saturated carbocycles. The summed E-state index contributed by atoms with van der Waals surface area (Å²) in [5.74, 6) is 0.0139. The zero-order valence-electron chi connectivity index (χ0n) is 8.40. The van der Waals surface area contributed by atoms with E-state index in [2.05, 4.69) is 10.2 Å². The summed E-state index contributed by atoms with van der Waals surface area (Å²) in [5.41, 5.74) is 5.35. The number of nitrogens with zero attached hydrogens (tertiary/aromatic N) is 3. The Kier molecular flexibility index (Phi) is 3.10. The van der Waals surface area contributed by atoms with E-state index in [0.29, 0.717) is 19.5 Å². The number of aliphatic hydroxyl groups excluding tert-OH is 1. The highest BCUT2D eigenvalue weighted by Gasteiger charge is 2.34. The van der Waals surface area contributed by atoms with Crippen molar-refractivity contribution in [1.82, 2.24) is 14.5 Å². The normalized spacial score (nSPS) is 22.7. The summed E-state index contributed by atoms with van der Waals surface area (Å²) in [6.45, 7) is 0.746. The minimum atomic E-state index is -3.57. The van der Waals surface area contributed by atoms with Gasteiger partial charge in [-0.3, -0.25) is 0 Å². The molecular formula is C7H12N4O3S2. The topological polar surface area (TPSA) is 109 Å². The van der Waals surface area contributed by atoms with Gasteiger partial charge in [0.05, 0.1) is 0 Å². The fourth-order valence-corrected chi connectivity index (χ4v) is 4.05. The number of nitrogen functional groups attached to an aromatic ring is 1. The van der Waals surface area contributed by atoms with Gasteiger partial charge in [-0.2, -0.15) is 4.31 Å². The maximum absolute atomic E-state index is 12.0. The van der Waals surface area contributed by atoms with Gasteiger partial charge in [-0.05, 0) is 12.3 Å². The van der Waals surface area contributed by atoms with E-state index < -0.39 is 10.0 Å². The van der Waals surface area contributed by atoms with E-state index in [9.17, 15) is 8.42 Å². The third kappa shape index (κ3) is 2.03. The van der Waals surface area contributed by atoms with Crippen LogP contribution in [0.5, 0.6) is 0 Å². The van der Waals surface area contributed by atoms with Crippen LogP contribution >= 0.6 is 11.3 Å². The average Bonchev–Trinajstić information content (AvgIpc) is 2.85. The number of aliphatic hydroxyl groups is 1. The molecule has 1 unspecified atom stereocenters. The molecule has 2 rings (SSSR count). The van der Waals surface area contributed by atoms with Gasteiger partial charge in [-0.1, -0.05) is 11.3 Å². The highest BCUT2D eigenvalue weighted by molar-refractivity contribution is 7.91. The van der Waals surface area contributed by atoms with Crippen LogP contribution < -0.4 is 5.73 Å².